The van der Waals surface area contributed by atoms with Gasteiger partial charge in [-0.2, -0.15) is 5.10 Å². The summed E-state index contributed by atoms with van der Waals surface area (Å²) >= 11 is 0. The number of aromatic nitrogens is 2. The molecule has 0 aliphatic rings. The van der Waals surface area contributed by atoms with Crippen LogP contribution in [0.15, 0.2) is 53.3 Å². The fourth-order valence-electron chi connectivity index (χ4n) is 3.02. The highest BCUT2D eigenvalue weighted by molar-refractivity contribution is 5.83. The van der Waals surface area contributed by atoms with Gasteiger partial charge in [0.1, 0.15) is 12.3 Å². The van der Waals surface area contributed by atoms with Gasteiger partial charge in [-0.15, -0.1) is 0 Å². The van der Waals surface area contributed by atoms with Crippen molar-refractivity contribution >= 4 is 16.7 Å². The topological polar surface area (TPSA) is 73.2 Å². The van der Waals surface area contributed by atoms with E-state index in [1.807, 2.05) is 49.4 Å². The molecule has 2 aromatic carbocycles. The molecule has 0 radical (unpaired) electrons. The van der Waals surface area contributed by atoms with Crippen molar-refractivity contribution in [1.82, 2.24) is 15.1 Å². The maximum Gasteiger partial charge on any atom is 0.275 e. The number of hydrogen-bond donors (Lipinski definition) is 1. The molecular formula is C21H23N3O3. The third kappa shape index (κ3) is 4.53. The minimum absolute atomic E-state index is 0.0763. The van der Waals surface area contributed by atoms with Crippen LogP contribution in [0.1, 0.15) is 17.7 Å². The first-order valence-corrected chi connectivity index (χ1v) is 8.94. The van der Waals surface area contributed by atoms with Crippen molar-refractivity contribution in [2.45, 2.75) is 26.3 Å². The monoisotopic (exact) mass is 365 g/mol. The van der Waals surface area contributed by atoms with Crippen LogP contribution in [-0.2, 0) is 17.8 Å². The molecule has 0 bridgehead atoms. The molecule has 0 saturated heterocycles. The summed E-state index contributed by atoms with van der Waals surface area (Å²) in [7, 11) is 1.64. The normalized spacial score (nSPS) is 10.7. The lowest BCUT2D eigenvalue weighted by molar-refractivity contribution is -0.121. The summed E-state index contributed by atoms with van der Waals surface area (Å²) in [5, 5.41) is 8.52. The molecule has 1 N–H and O–H groups in total. The van der Waals surface area contributed by atoms with E-state index in [2.05, 4.69) is 10.4 Å². The molecule has 1 aromatic heterocycles. The molecule has 0 saturated carbocycles. The molecule has 0 aliphatic carbocycles. The van der Waals surface area contributed by atoms with Crippen LogP contribution in [0.2, 0.25) is 0 Å². The Morgan fingerprint density at radius 1 is 1.11 bits per heavy atom. The van der Waals surface area contributed by atoms with E-state index in [4.69, 9.17) is 4.74 Å². The molecule has 3 aromatic rings. The average molecular weight is 365 g/mol. The van der Waals surface area contributed by atoms with Crippen LogP contribution in [0, 0.1) is 6.92 Å². The zero-order chi connectivity index (χ0) is 19.2. The predicted octanol–water partition coefficient (Wildman–Crippen LogP) is 2.46. The third-order valence-electron chi connectivity index (χ3n) is 4.47. The second-order valence-electron chi connectivity index (χ2n) is 6.40. The van der Waals surface area contributed by atoms with E-state index >= 15 is 0 Å². The molecular weight excluding hydrogens is 342 g/mol. The van der Waals surface area contributed by atoms with Crippen LogP contribution in [0.25, 0.3) is 10.8 Å². The van der Waals surface area contributed by atoms with E-state index in [1.54, 1.807) is 13.2 Å². The van der Waals surface area contributed by atoms with Crippen molar-refractivity contribution < 1.29 is 9.53 Å². The molecule has 6 heteroatoms. The quantitative estimate of drug-likeness (QED) is 0.653. The first-order valence-electron chi connectivity index (χ1n) is 8.94. The highest BCUT2D eigenvalue weighted by Crippen LogP contribution is 2.13. The van der Waals surface area contributed by atoms with Crippen molar-refractivity contribution in [3.63, 3.8) is 0 Å². The number of rotatable bonds is 7. The Bertz CT molecular complexity index is 994. The Morgan fingerprint density at radius 2 is 1.81 bits per heavy atom. The highest BCUT2D eigenvalue weighted by atomic mass is 16.5. The van der Waals surface area contributed by atoms with Gasteiger partial charge in [0.2, 0.25) is 5.91 Å². The molecule has 3 rings (SSSR count). The van der Waals surface area contributed by atoms with E-state index in [9.17, 15) is 9.59 Å². The van der Waals surface area contributed by atoms with Crippen LogP contribution in [0.5, 0.6) is 5.75 Å². The van der Waals surface area contributed by atoms with Gasteiger partial charge in [-0.3, -0.25) is 9.59 Å². The maximum atomic E-state index is 12.5. The first kappa shape index (κ1) is 18.6. The molecule has 0 atom stereocenters. The zero-order valence-electron chi connectivity index (χ0n) is 15.6. The highest BCUT2D eigenvalue weighted by Gasteiger charge is 2.10. The van der Waals surface area contributed by atoms with Crippen LogP contribution < -0.4 is 15.6 Å². The minimum Gasteiger partial charge on any atom is -0.497 e. The van der Waals surface area contributed by atoms with Gasteiger partial charge in [0.05, 0.1) is 18.2 Å². The van der Waals surface area contributed by atoms with Crippen LogP contribution >= 0.6 is 0 Å². The number of methoxy groups -OCH3 is 1. The van der Waals surface area contributed by atoms with Crippen molar-refractivity contribution in [3.8, 4) is 5.75 Å². The molecule has 27 heavy (non-hydrogen) atoms. The molecule has 140 valence electrons. The average Bonchev–Trinajstić information content (AvgIpc) is 2.70. The van der Waals surface area contributed by atoms with Gasteiger partial charge in [-0.25, -0.2) is 4.68 Å². The zero-order valence-corrected chi connectivity index (χ0v) is 15.6. The van der Waals surface area contributed by atoms with Gasteiger partial charge in [0, 0.05) is 11.9 Å². The number of nitrogens with one attached hydrogen (secondary N) is 1. The fraction of sp³-hybridized carbons (Fsp3) is 0.286. The molecule has 1 heterocycles. The summed E-state index contributed by atoms with van der Waals surface area (Å²) in [6.45, 7) is 2.31. The van der Waals surface area contributed by atoms with Crippen molar-refractivity contribution in [3.05, 3.63) is 70.1 Å². The summed E-state index contributed by atoms with van der Waals surface area (Å²) in [6.07, 6.45) is 1.68. The Balaban J connectivity index is 1.54. The van der Waals surface area contributed by atoms with Crippen molar-refractivity contribution in [2.75, 3.05) is 13.7 Å². The maximum absolute atomic E-state index is 12.5. The summed E-state index contributed by atoms with van der Waals surface area (Å²) in [6, 6.07) is 15.2. The number of amides is 1. The van der Waals surface area contributed by atoms with Gasteiger partial charge in [-0.1, -0.05) is 30.3 Å². The lowest BCUT2D eigenvalue weighted by Gasteiger charge is -2.09. The van der Waals surface area contributed by atoms with Crippen molar-refractivity contribution in [2.24, 2.45) is 0 Å². The summed E-state index contributed by atoms with van der Waals surface area (Å²) in [5.41, 5.74) is 1.68. The first-order chi connectivity index (χ1) is 13.1. The molecule has 0 spiro atoms. The molecule has 0 fully saturated rings. The standard InChI is InChI=1S/C21H23N3O3/c1-15-18-7-3-4-8-19(18)21(26)24(23-15)14-20(25)22-13-5-6-16-9-11-17(27-2)12-10-16/h3-4,7-12H,5-6,13-14H2,1-2H3,(H,22,25). The summed E-state index contributed by atoms with van der Waals surface area (Å²) < 4.78 is 6.37. The number of carbonyl (C=O) groups excluding carboxylic acids is 1. The van der Waals surface area contributed by atoms with E-state index in [-0.39, 0.29) is 18.0 Å². The minimum atomic E-state index is -0.246. The summed E-state index contributed by atoms with van der Waals surface area (Å²) in [4.78, 5) is 24.7. The number of aryl methyl sites for hydroxylation is 2. The summed E-state index contributed by atoms with van der Waals surface area (Å²) in [5.74, 6) is 0.615. The van der Waals surface area contributed by atoms with Gasteiger partial charge in [0.15, 0.2) is 0 Å². The number of nitrogens with zero attached hydrogens (tertiary/aromatic N) is 2. The number of benzene rings is 2. The van der Waals surface area contributed by atoms with Crippen LogP contribution in [0.4, 0.5) is 0 Å². The Labute approximate surface area is 157 Å². The van der Waals surface area contributed by atoms with Crippen LogP contribution in [0.3, 0.4) is 0 Å². The molecule has 0 unspecified atom stereocenters. The SMILES string of the molecule is COc1ccc(CCCNC(=O)Cn2nc(C)c3ccccc3c2=O)cc1. The number of hydrogen-bond acceptors (Lipinski definition) is 4. The largest absolute Gasteiger partial charge is 0.497 e. The molecule has 6 nitrogen and oxygen atoms in total. The number of fused-ring (bicyclic) bond motifs is 1. The van der Waals surface area contributed by atoms with Gasteiger partial charge in [-0.05, 0) is 43.5 Å². The lowest BCUT2D eigenvalue weighted by Crippen LogP contribution is -2.34. The second kappa shape index (κ2) is 8.49. The van der Waals surface area contributed by atoms with Crippen molar-refractivity contribution in [1.29, 1.82) is 0 Å². The van der Waals surface area contributed by atoms with E-state index in [0.717, 1.165) is 29.7 Å². The van der Waals surface area contributed by atoms with E-state index < -0.39 is 0 Å². The predicted molar refractivity (Wildman–Crippen MR) is 105 cm³/mol. The molecule has 0 aliphatic heterocycles. The van der Waals surface area contributed by atoms with Gasteiger partial charge < -0.3 is 10.1 Å². The third-order valence-corrected chi connectivity index (χ3v) is 4.47. The molecule has 1 amide bonds. The van der Waals surface area contributed by atoms with Gasteiger partial charge >= 0.3 is 0 Å². The Kier molecular flexibility index (Phi) is 5.86. The lowest BCUT2D eigenvalue weighted by atomic mass is 10.1. The van der Waals surface area contributed by atoms with Crippen LogP contribution in [-0.4, -0.2) is 29.3 Å². The number of ether oxygens (including phenoxy) is 1. The van der Waals surface area contributed by atoms with E-state index in [0.29, 0.717) is 11.9 Å². The number of carbonyl (C=O) groups is 1. The van der Waals surface area contributed by atoms with Gasteiger partial charge in [0.25, 0.3) is 5.56 Å². The second-order valence-corrected chi connectivity index (χ2v) is 6.40. The van der Waals surface area contributed by atoms with E-state index in [1.165, 1.54) is 10.2 Å². The smallest absolute Gasteiger partial charge is 0.275 e. The Morgan fingerprint density at radius 3 is 2.52 bits per heavy atom. The Hall–Kier alpha value is -3.15. The fourth-order valence-corrected chi connectivity index (χ4v) is 3.02.